The monoisotopic (exact) mass is 846 g/mol. The van der Waals surface area contributed by atoms with E-state index in [1.54, 1.807) is 30.1 Å². The fraction of sp³-hybridized carbons (Fsp3) is 0.458. The lowest BCUT2D eigenvalue weighted by Crippen LogP contribution is -2.52. The van der Waals surface area contributed by atoms with E-state index in [1.165, 1.54) is 14.2 Å². The van der Waals surface area contributed by atoms with Crippen molar-refractivity contribution in [2.45, 2.75) is 70.5 Å². The first-order valence-electron chi connectivity index (χ1n) is 21.5. The summed E-state index contributed by atoms with van der Waals surface area (Å²) in [4.78, 5) is 68.2. The van der Waals surface area contributed by atoms with Crippen LogP contribution in [0.5, 0.6) is 0 Å². The molecule has 0 bridgehead atoms. The summed E-state index contributed by atoms with van der Waals surface area (Å²) in [6.45, 7) is 6.17. The Labute approximate surface area is 363 Å². The molecular weight excluding hydrogens is 789 g/mol. The SMILES string of the molecule is COC(=O)C[C@H](C(=O)N(C)[C@@H](C)C1=NC=C(c2ccc(-c3ccc4cc(-c5cnc([C@H](C)N(C)C(=O)[C@@H](NC(=O)OC)C6CCOCC6)[nH]5)ccc4c3)cc2)C1)C1CCOCC1. The van der Waals surface area contributed by atoms with Crippen LogP contribution in [0.25, 0.3) is 38.7 Å². The standard InChI is InChI=1S/C48H58N6O8/c1-29(53(3)46(56)40(26-43(55)59-5)33-15-19-61-20-16-33)41-25-39(27-49-41)32-9-7-31(8-10-32)35-11-12-37-24-38(14-13-36(37)23-35)42-28-50-45(51-42)30(2)54(4)47(57)44(52-48(58)60-6)34-17-21-62-22-18-34/h7-14,23-24,27-30,33-34,40,44H,15-22,25-26H2,1-6H3,(H,50,51)(H,52,58)/t29-,30-,40-,44-/m0/s1. The van der Waals surface area contributed by atoms with Crippen molar-refractivity contribution in [3.63, 3.8) is 0 Å². The van der Waals surface area contributed by atoms with Gasteiger partial charge in [-0.25, -0.2) is 9.78 Å². The van der Waals surface area contributed by atoms with Crippen LogP contribution in [0.15, 0.2) is 78.1 Å². The van der Waals surface area contributed by atoms with E-state index < -0.39 is 18.1 Å². The third-order valence-corrected chi connectivity index (χ3v) is 13.1. The maximum atomic E-state index is 13.8. The molecule has 62 heavy (non-hydrogen) atoms. The number of allylic oxidation sites excluding steroid dienone is 1. The number of esters is 1. The highest BCUT2D eigenvalue weighted by Crippen LogP contribution is 2.34. The van der Waals surface area contributed by atoms with Gasteiger partial charge in [-0.3, -0.25) is 19.4 Å². The molecule has 4 aromatic rings. The zero-order chi connectivity index (χ0) is 43.9. The van der Waals surface area contributed by atoms with E-state index in [0.717, 1.165) is 62.8 Å². The number of fused-ring (bicyclic) bond motifs is 1. The van der Waals surface area contributed by atoms with E-state index in [1.807, 2.05) is 20.0 Å². The largest absolute Gasteiger partial charge is 0.469 e. The van der Waals surface area contributed by atoms with Gasteiger partial charge in [-0.1, -0.05) is 48.5 Å². The number of hydrogen-bond acceptors (Lipinski definition) is 10. The lowest BCUT2D eigenvalue weighted by atomic mass is 9.82. The number of aromatic nitrogens is 2. The van der Waals surface area contributed by atoms with E-state index in [2.05, 4.69) is 75.9 Å². The zero-order valence-corrected chi connectivity index (χ0v) is 36.5. The van der Waals surface area contributed by atoms with Crippen molar-refractivity contribution in [2.24, 2.45) is 22.7 Å². The third kappa shape index (κ3) is 9.92. The van der Waals surface area contributed by atoms with Crippen molar-refractivity contribution >= 4 is 45.9 Å². The molecule has 3 aliphatic rings. The molecule has 0 radical (unpaired) electrons. The van der Waals surface area contributed by atoms with Crippen LogP contribution in [0.2, 0.25) is 0 Å². The van der Waals surface area contributed by atoms with Crippen molar-refractivity contribution in [2.75, 3.05) is 54.7 Å². The van der Waals surface area contributed by atoms with Gasteiger partial charge >= 0.3 is 12.1 Å². The summed E-state index contributed by atoms with van der Waals surface area (Å²) in [6.07, 6.45) is 6.57. The Morgan fingerprint density at radius 2 is 1.34 bits per heavy atom. The number of aromatic amines is 1. The fourth-order valence-corrected chi connectivity index (χ4v) is 8.77. The molecule has 0 aliphatic carbocycles. The molecule has 0 saturated carbocycles. The van der Waals surface area contributed by atoms with Crippen molar-refractivity contribution in [1.82, 2.24) is 25.1 Å². The van der Waals surface area contributed by atoms with E-state index >= 15 is 0 Å². The first-order valence-corrected chi connectivity index (χ1v) is 21.5. The number of rotatable bonds is 14. The number of carbonyl (C=O) groups excluding carboxylic acids is 4. The number of benzene rings is 3. The Bertz CT molecular complexity index is 2310. The molecule has 4 atom stereocenters. The molecule has 2 fully saturated rings. The highest BCUT2D eigenvalue weighted by Gasteiger charge is 2.37. The van der Waals surface area contributed by atoms with Gasteiger partial charge in [0.15, 0.2) is 0 Å². The van der Waals surface area contributed by atoms with Crippen LogP contribution >= 0.6 is 0 Å². The van der Waals surface area contributed by atoms with Gasteiger partial charge in [0.05, 0.1) is 50.5 Å². The molecule has 2 N–H and O–H groups in total. The summed E-state index contributed by atoms with van der Waals surface area (Å²) in [7, 11) is 6.18. The average molecular weight is 847 g/mol. The molecule has 2 saturated heterocycles. The minimum atomic E-state index is -0.728. The predicted octanol–water partition coefficient (Wildman–Crippen LogP) is 7.21. The number of H-pyrrole nitrogens is 1. The van der Waals surface area contributed by atoms with Crippen LogP contribution in [0.3, 0.4) is 0 Å². The second-order valence-corrected chi connectivity index (χ2v) is 16.6. The maximum absolute atomic E-state index is 13.8. The highest BCUT2D eigenvalue weighted by molar-refractivity contribution is 6.03. The first-order chi connectivity index (χ1) is 29.9. The predicted molar refractivity (Wildman–Crippen MR) is 237 cm³/mol. The normalized spacial score (nSPS) is 17.9. The van der Waals surface area contributed by atoms with Crippen LogP contribution in [-0.2, 0) is 33.3 Å². The highest BCUT2D eigenvalue weighted by atomic mass is 16.5. The molecule has 3 amide bonds. The van der Waals surface area contributed by atoms with Gasteiger partial charge in [0.2, 0.25) is 11.8 Å². The van der Waals surface area contributed by atoms with Crippen LogP contribution in [0.4, 0.5) is 4.79 Å². The minimum absolute atomic E-state index is 0.0559. The number of nitrogens with zero attached hydrogens (tertiary/aromatic N) is 4. The lowest BCUT2D eigenvalue weighted by molar-refractivity contribution is -0.149. The van der Waals surface area contributed by atoms with E-state index in [-0.39, 0.29) is 48.1 Å². The van der Waals surface area contributed by atoms with Gasteiger partial charge in [0.1, 0.15) is 11.9 Å². The summed E-state index contributed by atoms with van der Waals surface area (Å²) < 4.78 is 20.8. The Balaban J connectivity index is 0.971. The van der Waals surface area contributed by atoms with Gasteiger partial charge in [0.25, 0.3) is 0 Å². The zero-order valence-electron chi connectivity index (χ0n) is 36.5. The Kier molecular flexibility index (Phi) is 14.2. The number of hydrogen-bond donors (Lipinski definition) is 2. The first kappa shape index (κ1) is 44.2. The molecule has 0 spiro atoms. The number of imidazole rings is 1. The summed E-state index contributed by atoms with van der Waals surface area (Å²) >= 11 is 0. The second kappa shape index (κ2) is 19.9. The van der Waals surface area contributed by atoms with E-state index in [9.17, 15) is 19.2 Å². The van der Waals surface area contributed by atoms with Crippen LogP contribution in [0.1, 0.15) is 69.8 Å². The third-order valence-electron chi connectivity index (χ3n) is 13.1. The molecule has 14 nitrogen and oxygen atoms in total. The number of aliphatic imine (C=N–C) groups is 1. The van der Waals surface area contributed by atoms with Crippen LogP contribution < -0.4 is 5.32 Å². The van der Waals surface area contributed by atoms with Crippen LogP contribution in [0, 0.1) is 17.8 Å². The molecule has 3 aromatic carbocycles. The summed E-state index contributed by atoms with van der Waals surface area (Å²) in [5, 5.41) is 4.94. The fourth-order valence-electron chi connectivity index (χ4n) is 8.77. The van der Waals surface area contributed by atoms with Crippen LogP contribution in [-0.4, -0.2) is 116 Å². The van der Waals surface area contributed by atoms with Gasteiger partial charge in [-0.05, 0) is 96.5 Å². The number of amides is 3. The molecule has 7 rings (SSSR count). The summed E-state index contributed by atoms with van der Waals surface area (Å²) in [5.74, 6) is -0.445. The number of ether oxygens (including phenoxy) is 4. The molecule has 328 valence electrons. The minimum Gasteiger partial charge on any atom is -0.469 e. The van der Waals surface area contributed by atoms with Crippen molar-refractivity contribution in [3.8, 4) is 22.4 Å². The maximum Gasteiger partial charge on any atom is 0.407 e. The Morgan fingerprint density at radius 3 is 1.98 bits per heavy atom. The molecule has 14 heteroatoms. The van der Waals surface area contributed by atoms with Gasteiger partial charge in [0, 0.05) is 64.4 Å². The summed E-state index contributed by atoms with van der Waals surface area (Å²) in [6, 6.07) is 19.9. The molecule has 3 aliphatic heterocycles. The average Bonchev–Trinajstić information content (AvgIpc) is 4.03. The number of methoxy groups -OCH3 is 2. The molecule has 1 aromatic heterocycles. The quantitative estimate of drug-likeness (QED) is 0.125. The number of likely N-dealkylation sites (N-methyl/N-ethyl adjacent to an activating group) is 1. The van der Waals surface area contributed by atoms with Gasteiger partial charge < -0.3 is 39.0 Å². The molecule has 4 heterocycles. The summed E-state index contributed by atoms with van der Waals surface area (Å²) in [5.41, 5.74) is 7.07. The van der Waals surface area contributed by atoms with Crippen molar-refractivity contribution in [1.29, 1.82) is 0 Å². The number of alkyl carbamates (subject to hydrolysis) is 1. The smallest absolute Gasteiger partial charge is 0.407 e. The topological polar surface area (TPSA) is 165 Å². The van der Waals surface area contributed by atoms with E-state index in [0.29, 0.717) is 51.5 Å². The van der Waals surface area contributed by atoms with Crippen molar-refractivity contribution < 1.29 is 38.1 Å². The molecule has 0 unspecified atom stereocenters. The number of nitrogens with one attached hydrogen (secondary N) is 2. The van der Waals surface area contributed by atoms with Gasteiger partial charge in [-0.2, -0.15) is 0 Å². The van der Waals surface area contributed by atoms with Crippen molar-refractivity contribution in [3.05, 3.63) is 84.4 Å². The lowest BCUT2D eigenvalue weighted by Gasteiger charge is -2.34. The number of carbonyl (C=O) groups is 4. The second-order valence-electron chi connectivity index (χ2n) is 16.6. The molecular formula is C48H58N6O8. The Hall–Kier alpha value is -5.86. The Morgan fingerprint density at radius 1 is 0.758 bits per heavy atom. The van der Waals surface area contributed by atoms with E-state index in [4.69, 9.17) is 23.9 Å². The van der Waals surface area contributed by atoms with Gasteiger partial charge in [-0.15, -0.1) is 0 Å².